The van der Waals surface area contributed by atoms with Crippen molar-refractivity contribution in [2.24, 2.45) is 0 Å². The Morgan fingerprint density at radius 2 is 1.86 bits per heavy atom. The van der Waals surface area contributed by atoms with Gasteiger partial charge in [0, 0.05) is 51.4 Å². The Labute approximate surface area is 173 Å². The van der Waals surface area contributed by atoms with E-state index in [0.29, 0.717) is 12.5 Å². The van der Waals surface area contributed by atoms with E-state index in [1.54, 1.807) is 0 Å². The molecule has 2 aromatic rings. The number of aryl methyl sites for hydroxylation is 1. The summed E-state index contributed by atoms with van der Waals surface area (Å²) in [6.07, 6.45) is 2.42. The summed E-state index contributed by atoms with van der Waals surface area (Å²) >= 11 is 0. The molecule has 2 heterocycles. The highest BCUT2D eigenvalue weighted by molar-refractivity contribution is 5.76. The molecule has 0 unspecified atom stereocenters. The molecule has 2 aromatic carbocycles. The van der Waals surface area contributed by atoms with Crippen molar-refractivity contribution in [1.29, 1.82) is 0 Å². The summed E-state index contributed by atoms with van der Waals surface area (Å²) in [6.45, 7) is 2.56. The molecule has 29 heavy (non-hydrogen) atoms. The van der Waals surface area contributed by atoms with Gasteiger partial charge in [-0.2, -0.15) is 0 Å². The van der Waals surface area contributed by atoms with Gasteiger partial charge in [0.1, 0.15) is 0 Å². The summed E-state index contributed by atoms with van der Waals surface area (Å²) in [6, 6.07) is 19.5. The van der Waals surface area contributed by atoms with Gasteiger partial charge in [-0.1, -0.05) is 42.5 Å². The first kappa shape index (κ1) is 19.9. The van der Waals surface area contributed by atoms with Gasteiger partial charge in [0.2, 0.25) is 5.91 Å². The number of nitrogens with one attached hydrogen (secondary N) is 1. The second kappa shape index (κ2) is 8.97. The lowest BCUT2D eigenvalue weighted by molar-refractivity contribution is -0.121. The molecule has 3 atom stereocenters. The molecule has 5 nitrogen and oxygen atoms in total. The standard InChI is InChI=1S/C24H31N3O2/c1-26(2)21-11-8-18(9-12-21)10-13-24(28)25-20-14-22-17-29-23(16-27(22)15-20)19-6-4-3-5-7-19/h3-9,11-12,20,22-23H,10,13-17H2,1-2H3,(H,25,28)/t20-,22+,23-/m1/s1. The third kappa shape index (κ3) is 4.98. The molecular formula is C24H31N3O2. The maximum Gasteiger partial charge on any atom is 0.220 e. The number of morpholine rings is 1. The van der Waals surface area contributed by atoms with Crippen LogP contribution in [0.15, 0.2) is 54.6 Å². The SMILES string of the molecule is CN(C)c1ccc(CCC(=O)N[C@@H]2C[C@H]3CO[C@@H](c4ccccc4)CN3C2)cc1. The van der Waals surface area contributed by atoms with Crippen LogP contribution in [-0.4, -0.2) is 56.7 Å². The molecule has 0 aliphatic carbocycles. The van der Waals surface area contributed by atoms with E-state index in [2.05, 4.69) is 63.6 Å². The predicted molar refractivity (Wildman–Crippen MR) is 116 cm³/mol. The molecule has 2 aliphatic rings. The number of benzene rings is 2. The normalized spacial score (nSPS) is 24.1. The molecule has 0 saturated carbocycles. The molecule has 0 aromatic heterocycles. The van der Waals surface area contributed by atoms with Crippen LogP contribution in [0.2, 0.25) is 0 Å². The first-order valence-electron chi connectivity index (χ1n) is 10.5. The van der Waals surface area contributed by atoms with Crippen molar-refractivity contribution in [2.45, 2.75) is 37.5 Å². The van der Waals surface area contributed by atoms with Crippen LogP contribution in [0.4, 0.5) is 5.69 Å². The van der Waals surface area contributed by atoms with E-state index < -0.39 is 0 Å². The Bertz CT molecular complexity index is 807. The third-order valence-electron chi connectivity index (χ3n) is 6.05. The molecule has 154 valence electrons. The van der Waals surface area contributed by atoms with Crippen molar-refractivity contribution < 1.29 is 9.53 Å². The number of carbonyl (C=O) groups excluding carboxylic acids is 1. The molecule has 2 aliphatic heterocycles. The highest BCUT2D eigenvalue weighted by Gasteiger charge is 2.38. The highest BCUT2D eigenvalue weighted by Crippen LogP contribution is 2.30. The van der Waals surface area contributed by atoms with Gasteiger partial charge in [-0.25, -0.2) is 0 Å². The molecular weight excluding hydrogens is 362 g/mol. The number of hydrogen-bond donors (Lipinski definition) is 1. The average molecular weight is 394 g/mol. The van der Waals surface area contributed by atoms with Gasteiger partial charge in [-0.15, -0.1) is 0 Å². The van der Waals surface area contributed by atoms with Gasteiger partial charge in [0.05, 0.1) is 12.7 Å². The van der Waals surface area contributed by atoms with E-state index in [9.17, 15) is 4.79 Å². The average Bonchev–Trinajstić information content (AvgIpc) is 3.14. The molecule has 0 bridgehead atoms. The van der Waals surface area contributed by atoms with Gasteiger partial charge in [0.15, 0.2) is 0 Å². The van der Waals surface area contributed by atoms with Crippen LogP contribution in [0.3, 0.4) is 0 Å². The maximum atomic E-state index is 12.5. The zero-order valence-corrected chi connectivity index (χ0v) is 17.4. The zero-order valence-electron chi connectivity index (χ0n) is 17.4. The minimum atomic E-state index is 0.132. The van der Waals surface area contributed by atoms with E-state index in [4.69, 9.17) is 4.74 Å². The molecule has 0 radical (unpaired) electrons. The van der Waals surface area contributed by atoms with Crippen molar-refractivity contribution in [3.63, 3.8) is 0 Å². The molecule has 1 amide bonds. The molecule has 2 fully saturated rings. The van der Waals surface area contributed by atoms with E-state index in [-0.39, 0.29) is 18.1 Å². The lowest BCUT2D eigenvalue weighted by atomic mass is 10.1. The first-order valence-corrected chi connectivity index (χ1v) is 10.5. The number of ether oxygens (including phenoxy) is 1. The Morgan fingerprint density at radius 3 is 2.59 bits per heavy atom. The second-order valence-corrected chi connectivity index (χ2v) is 8.40. The van der Waals surface area contributed by atoms with Crippen LogP contribution in [-0.2, 0) is 16.0 Å². The van der Waals surface area contributed by atoms with Gasteiger partial charge in [-0.05, 0) is 36.1 Å². The number of rotatable bonds is 6. The maximum absolute atomic E-state index is 12.5. The Balaban J connectivity index is 1.24. The number of fused-ring (bicyclic) bond motifs is 1. The quantitative estimate of drug-likeness (QED) is 0.820. The fourth-order valence-electron chi connectivity index (χ4n) is 4.37. The van der Waals surface area contributed by atoms with Crippen molar-refractivity contribution >= 4 is 11.6 Å². The second-order valence-electron chi connectivity index (χ2n) is 8.40. The summed E-state index contributed by atoms with van der Waals surface area (Å²) in [5.41, 5.74) is 3.62. The summed E-state index contributed by atoms with van der Waals surface area (Å²) in [5.74, 6) is 0.145. The number of anilines is 1. The molecule has 2 saturated heterocycles. The Hall–Kier alpha value is -2.37. The smallest absolute Gasteiger partial charge is 0.220 e. The van der Waals surface area contributed by atoms with Crippen molar-refractivity contribution in [1.82, 2.24) is 10.2 Å². The zero-order chi connectivity index (χ0) is 20.2. The van der Waals surface area contributed by atoms with Crippen molar-refractivity contribution in [3.05, 3.63) is 65.7 Å². The summed E-state index contributed by atoms with van der Waals surface area (Å²) in [4.78, 5) is 17.0. The molecule has 0 spiro atoms. The number of amides is 1. The topological polar surface area (TPSA) is 44.8 Å². The summed E-state index contributed by atoms with van der Waals surface area (Å²) < 4.78 is 6.11. The van der Waals surface area contributed by atoms with Crippen LogP contribution < -0.4 is 10.2 Å². The van der Waals surface area contributed by atoms with Crippen molar-refractivity contribution in [3.8, 4) is 0 Å². The van der Waals surface area contributed by atoms with Crippen molar-refractivity contribution in [2.75, 3.05) is 38.7 Å². The number of carbonyl (C=O) groups is 1. The van der Waals surface area contributed by atoms with Crippen LogP contribution in [0.1, 0.15) is 30.1 Å². The monoisotopic (exact) mass is 393 g/mol. The van der Waals surface area contributed by atoms with E-state index >= 15 is 0 Å². The molecule has 5 heteroatoms. The Morgan fingerprint density at radius 1 is 1.10 bits per heavy atom. The van der Waals surface area contributed by atoms with Gasteiger partial charge >= 0.3 is 0 Å². The van der Waals surface area contributed by atoms with Gasteiger partial charge < -0.3 is 15.0 Å². The van der Waals surface area contributed by atoms with Crippen LogP contribution in [0, 0.1) is 0 Å². The van der Waals surface area contributed by atoms with Crippen LogP contribution >= 0.6 is 0 Å². The minimum Gasteiger partial charge on any atom is -0.378 e. The largest absolute Gasteiger partial charge is 0.378 e. The van der Waals surface area contributed by atoms with Gasteiger partial charge in [-0.3, -0.25) is 9.69 Å². The fourth-order valence-corrected chi connectivity index (χ4v) is 4.37. The Kier molecular flexibility index (Phi) is 6.16. The third-order valence-corrected chi connectivity index (χ3v) is 6.05. The minimum absolute atomic E-state index is 0.132. The van der Waals surface area contributed by atoms with E-state index in [1.165, 1.54) is 16.8 Å². The lowest BCUT2D eigenvalue weighted by Gasteiger charge is -2.35. The van der Waals surface area contributed by atoms with Crippen LogP contribution in [0.25, 0.3) is 0 Å². The lowest BCUT2D eigenvalue weighted by Crippen LogP contribution is -2.43. The fraction of sp³-hybridized carbons (Fsp3) is 0.458. The number of nitrogens with zero attached hydrogens (tertiary/aromatic N) is 2. The van der Waals surface area contributed by atoms with Gasteiger partial charge in [0.25, 0.3) is 0 Å². The molecule has 1 N–H and O–H groups in total. The summed E-state index contributed by atoms with van der Waals surface area (Å²) in [7, 11) is 4.07. The summed E-state index contributed by atoms with van der Waals surface area (Å²) in [5, 5.41) is 3.25. The van der Waals surface area contributed by atoms with E-state index in [0.717, 1.165) is 32.5 Å². The van der Waals surface area contributed by atoms with E-state index in [1.807, 2.05) is 20.2 Å². The highest BCUT2D eigenvalue weighted by atomic mass is 16.5. The predicted octanol–water partition coefficient (Wildman–Crippen LogP) is 3.02. The van der Waals surface area contributed by atoms with Crippen LogP contribution in [0.5, 0.6) is 0 Å². The number of hydrogen-bond acceptors (Lipinski definition) is 4. The molecule has 4 rings (SSSR count). The first-order chi connectivity index (χ1) is 14.1.